The number of carbonyl (C=O) groups is 1. The van der Waals surface area contributed by atoms with E-state index in [-0.39, 0.29) is 17.2 Å². The Bertz CT molecular complexity index is 962. The van der Waals surface area contributed by atoms with Gasteiger partial charge in [-0.25, -0.2) is 0 Å². The molecule has 0 bridgehead atoms. The van der Waals surface area contributed by atoms with Gasteiger partial charge in [0, 0.05) is 41.6 Å². The minimum Gasteiger partial charge on any atom is -0.311 e. The van der Waals surface area contributed by atoms with E-state index in [1.54, 1.807) is 4.68 Å². The Balaban J connectivity index is 1.87. The number of aromatic amines is 1. The number of amides is 1. The van der Waals surface area contributed by atoms with E-state index in [4.69, 9.17) is 5.10 Å². The average Bonchev–Trinajstić information content (AvgIpc) is 3.21. The summed E-state index contributed by atoms with van der Waals surface area (Å²) in [7, 11) is 1.86. The van der Waals surface area contributed by atoms with Crippen molar-refractivity contribution in [2.45, 2.75) is 38.5 Å². The summed E-state index contributed by atoms with van der Waals surface area (Å²) in [6, 6.07) is 12.2. The topological polar surface area (TPSA) is 75.6 Å². The maximum absolute atomic E-state index is 12.3. The number of fused-ring (bicyclic) bond motifs is 1. The highest BCUT2D eigenvalue weighted by Gasteiger charge is 2.34. The van der Waals surface area contributed by atoms with Crippen molar-refractivity contribution in [3.8, 4) is 11.3 Å². The predicted octanol–water partition coefficient (Wildman–Crippen LogP) is 3.58. The summed E-state index contributed by atoms with van der Waals surface area (Å²) in [5.74, 6) is 0.667. The number of carbonyl (C=O) groups excluding carboxylic acids is 1. The van der Waals surface area contributed by atoms with Gasteiger partial charge in [-0.05, 0) is 6.07 Å². The van der Waals surface area contributed by atoms with E-state index in [0.717, 1.165) is 34.0 Å². The molecule has 6 nitrogen and oxygen atoms in total. The molecule has 1 aromatic carbocycles. The molecule has 2 N–H and O–H groups in total. The number of nitrogens with one attached hydrogen (secondary N) is 2. The first kappa shape index (κ1) is 16.6. The van der Waals surface area contributed by atoms with Crippen LogP contribution in [0, 0.1) is 0 Å². The van der Waals surface area contributed by atoms with Gasteiger partial charge in [0.05, 0.1) is 11.4 Å². The molecule has 0 fully saturated rings. The van der Waals surface area contributed by atoms with Gasteiger partial charge in [-0.3, -0.25) is 14.6 Å². The Labute approximate surface area is 152 Å². The Morgan fingerprint density at radius 3 is 2.58 bits per heavy atom. The summed E-state index contributed by atoms with van der Waals surface area (Å²) in [6.07, 6.45) is 0.379. The standard InChI is InChI=1S/C20H23N5O/c1-20(2,3)15-11-14(22-23-15)13-10-16(26)21-19-17(13)18(24-25(19)4)12-8-6-5-7-9-12/h5-9,11,13H,10H2,1-4H3,(H,21,26)(H,22,23)/t13-/m0/s1. The maximum atomic E-state index is 12.3. The van der Waals surface area contributed by atoms with Gasteiger partial charge in [0.15, 0.2) is 0 Å². The molecule has 0 saturated carbocycles. The van der Waals surface area contributed by atoms with Gasteiger partial charge in [0.1, 0.15) is 5.82 Å². The van der Waals surface area contributed by atoms with E-state index in [2.05, 4.69) is 42.4 Å². The van der Waals surface area contributed by atoms with Crippen molar-refractivity contribution in [3.63, 3.8) is 0 Å². The highest BCUT2D eigenvalue weighted by Crippen LogP contribution is 2.42. The number of anilines is 1. The van der Waals surface area contributed by atoms with Crippen LogP contribution in [-0.4, -0.2) is 25.9 Å². The number of benzene rings is 1. The van der Waals surface area contributed by atoms with Gasteiger partial charge in [0.2, 0.25) is 5.91 Å². The molecule has 1 aliphatic heterocycles. The Morgan fingerprint density at radius 1 is 1.19 bits per heavy atom. The van der Waals surface area contributed by atoms with E-state index in [0.29, 0.717) is 6.42 Å². The smallest absolute Gasteiger partial charge is 0.226 e. The largest absolute Gasteiger partial charge is 0.311 e. The molecule has 4 rings (SSSR count). The monoisotopic (exact) mass is 349 g/mol. The quantitative estimate of drug-likeness (QED) is 0.742. The van der Waals surface area contributed by atoms with Crippen LogP contribution in [0.2, 0.25) is 0 Å². The third kappa shape index (κ3) is 2.71. The van der Waals surface area contributed by atoms with Gasteiger partial charge in [-0.15, -0.1) is 0 Å². The molecule has 1 aliphatic rings. The molecule has 0 spiro atoms. The molecule has 3 heterocycles. The second kappa shape index (κ2) is 5.83. The van der Waals surface area contributed by atoms with E-state index in [1.165, 1.54) is 0 Å². The summed E-state index contributed by atoms with van der Waals surface area (Å²) in [6.45, 7) is 6.39. The van der Waals surface area contributed by atoms with E-state index < -0.39 is 0 Å². The van der Waals surface area contributed by atoms with Crippen molar-refractivity contribution in [1.29, 1.82) is 0 Å². The lowest BCUT2D eigenvalue weighted by molar-refractivity contribution is -0.116. The SMILES string of the molecule is Cn1nc(-c2ccccc2)c2c1NC(=O)C[C@H]2c1cc(C(C)(C)C)n[nH]1. The second-order valence-electron chi connectivity index (χ2n) is 7.86. The summed E-state index contributed by atoms with van der Waals surface area (Å²) < 4.78 is 1.75. The molecule has 2 aromatic heterocycles. The zero-order valence-electron chi connectivity index (χ0n) is 15.5. The molecule has 1 atom stereocenters. The minimum atomic E-state index is -0.0914. The van der Waals surface area contributed by atoms with Crippen LogP contribution in [-0.2, 0) is 17.3 Å². The molecule has 0 aliphatic carbocycles. The second-order valence-corrected chi connectivity index (χ2v) is 7.86. The van der Waals surface area contributed by atoms with Gasteiger partial charge in [-0.2, -0.15) is 10.2 Å². The van der Waals surface area contributed by atoms with Crippen LogP contribution in [0.4, 0.5) is 5.82 Å². The minimum absolute atomic E-state index is 0.00276. The van der Waals surface area contributed by atoms with Gasteiger partial charge >= 0.3 is 0 Å². The fourth-order valence-electron chi connectivity index (χ4n) is 3.46. The predicted molar refractivity (Wildman–Crippen MR) is 101 cm³/mol. The molecule has 0 unspecified atom stereocenters. The Kier molecular flexibility index (Phi) is 3.72. The van der Waals surface area contributed by atoms with Crippen molar-refractivity contribution in [1.82, 2.24) is 20.0 Å². The lowest BCUT2D eigenvalue weighted by Gasteiger charge is -2.23. The van der Waals surface area contributed by atoms with Crippen LogP contribution < -0.4 is 5.32 Å². The van der Waals surface area contributed by atoms with Crippen molar-refractivity contribution in [3.05, 3.63) is 53.3 Å². The van der Waals surface area contributed by atoms with Crippen LogP contribution in [0.15, 0.2) is 36.4 Å². The fraction of sp³-hybridized carbons (Fsp3) is 0.350. The number of hydrogen-bond acceptors (Lipinski definition) is 3. The van der Waals surface area contributed by atoms with Crippen molar-refractivity contribution >= 4 is 11.7 Å². The third-order valence-electron chi connectivity index (χ3n) is 4.87. The van der Waals surface area contributed by atoms with Crippen LogP contribution in [0.5, 0.6) is 0 Å². The van der Waals surface area contributed by atoms with Crippen LogP contribution in [0.25, 0.3) is 11.3 Å². The van der Waals surface area contributed by atoms with Crippen molar-refractivity contribution in [2.24, 2.45) is 7.05 Å². The van der Waals surface area contributed by atoms with E-state index in [9.17, 15) is 4.79 Å². The molecule has 3 aromatic rings. The van der Waals surface area contributed by atoms with Gasteiger partial charge in [0.25, 0.3) is 0 Å². The van der Waals surface area contributed by atoms with Crippen molar-refractivity contribution in [2.75, 3.05) is 5.32 Å². The number of H-pyrrole nitrogens is 1. The van der Waals surface area contributed by atoms with Crippen LogP contribution in [0.3, 0.4) is 0 Å². The number of nitrogens with zero attached hydrogens (tertiary/aromatic N) is 3. The molecule has 0 saturated heterocycles. The molecule has 26 heavy (non-hydrogen) atoms. The number of rotatable bonds is 2. The van der Waals surface area contributed by atoms with Crippen LogP contribution in [0.1, 0.15) is 50.1 Å². The lowest BCUT2D eigenvalue weighted by atomic mass is 9.86. The molecular formula is C20H23N5O. The molecule has 0 radical (unpaired) electrons. The first-order valence-corrected chi connectivity index (χ1v) is 8.82. The summed E-state index contributed by atoms with van der Waals surface area (Å²) in [4.78, 5) is 12.3. The van der Waals surface area contributed by atoms with Gasteiger partial charge in [-0.1, -0.05) is 51.1 Å². The highest BCUT2D eigenvalue weighted by molar-refractivity contribution is 5.96. The van der Waals surface area contributed by atoms with Crippen molar-refractivity contribution < 1.29 is 4.79 Å². The van der Waals surface area contributed by atoms with E-state index in [1.807, 2.05) is 37.4 Å². The molecule has 134 valence electrons. The van der Waals surface area contributed by atoms with Crippen LogP contribution >= 0.6 is 0 Å². The number of hydrogen-bond donors (Lipinski definition) is 2. The molecular weight excluding hydrogens is 326 g/mol. The molecule has 6 heteroatoms. The first-order valence-electron chi connectivity index (χ1n) is 8.82. The summed E-state index contributed by atoms with van der Waals surface area (Å²) in [5.41, 5.74) is 4.89. The fourth-order valence-corrected chi connectivity index (χ4v) is 3.46. The maximum Gasteiger partial charge on any atom is 0.226 e. The van der Waals surface area contributed by atoms with E-state index >= 15 is 0 Å². The highest BCUT2D eigenvalue weighted by atomic mass is 16.1. The first-order chi connectivity index (χ1) is 12.3. The Morgan fingerprint density at radius 2 is 1.92 bits per heavy atom. The average molecular weight is 349 g/mol. The zero-order valence-corrected chi connectivity index (χ0v) is 15.5. The summed E-state index contributed by atoms with van der Waals surface area (Å²) >= 11 is 0. The summed E-state index contributed by atoms with van der Waals surface area (Å²) in [5, 5.41) is 15.3. The number of aromatic nitrogens is 4. The Hall–Kier alpha value is -2.89. The molecule has 1 amide bonds. The third-order valence-corrected chi connectivity index (χ3v) is 4.87. The van der Waals surface area contributed by atoms with Gasteiger partial charge < -0.3 is 5.32 Å². The normalized spacial score (nSPS) is 17.1. The zero-order chi connectivity index (χ0) is 18.5. The number of aryl methyl sites for hydroxylation is 1. The lowest BCUT2D eigenvalue weighted by Crippen LogP contribution is -2.24.